The fraction of sp³-hybridized carbons (Fsp3) is 0.227. The number of aryl methyl sites for hydroxylation is 1. The van der Waals surface area contributed by atoms with Crippen LogP contribution in [0.1, 0.15) is 29.7 Å². The highest BCUT2D eigenvalue weighted by Crippen LogP contribution is 2.40. The first kappa shape index (κ1) is 18.3. The number of urea groups is 1. The Hall–Kier alpha value is -2.70. The van der Waals surface area contributed by atoms with Gasteiger partial charge in [0.05, 0.1) is 12.2 Å². The van der Waals surface area contributed by atoms with Gasteiger partial charge in [0.2, 0.25) is 0 Å². The minimum atomic E-state index is -0.943. The Morgan fingerprint density at radius 3 is 2.76 bits per heavy atom. The van der Waals surface area contributed by atoms with Crippen LogP contribution in [0.4, 0.5) is 4.79 Å². The Kier molecular flexibility index (Phi) is 4.41. The highest BCUT2D eigenvalue weighted by atomic mass is 35.5. The molecule has 1 aliphatic heterocycles. The number of amides is 3. The monoisotopic (exact) mass is 423 g/mol. The summed E-state index contributed by atoms with van der Waals surface area (Å²) in [6, 6.07) is 15.0. The van der Waals surface area contributed by atoms with Gasteiger partial charge in [0.1, 0.15) is 10.5 Å². The number of carbonyl (C=O) groups is 2. The third-order valence-corrected chi connectivity index (χ3v) is 6.81. The minimum absolute atomic E-state index is 0.165. The fourth-order valence-electron chi connectivity index (χ4n) is 4.22. The van der Waals surface area contributed by atoms with Gasteiger partial charge in [-0.2, -0.15) is 0 Å². The summed E-state index contributed by atoms with van der Waals surface area (Å²) in [5.74, 6) is -0.185. The van der Waals surface area contributed by atoms with Crippen molar-refractivity contribution in [2.75, 3.05) is 0 Å². The second-order valence-electron chi connectivity index (χ2n) is 7.39. The number of aromatic nitrogens is 1. The van der Waals surface area contributed by atoms with Crippen LogP contribution >= 0.6 is 22.9 Å². The van der Waals surface area contributed by atoms with Gasteiger partial charge in [-0.15, -0.1) is 11.3 Å². The fourth-order valence-corrected chi connectivity index (χ4v) is 5.16. The van der Waals surface area contributed by atoms with Crippen molar-refractivity contribution in [3.63, 3.8) is 0 Å². The molecule has 0 radical (unpaired) electrons. The van der Waals surface area contributed by atoms with Crippen LogP contribution in [0.2, 0.25) is 5.02 Å². The lowest BCUT2D eigenvalue weighted by Crippen LogP contribution is -2.46. The molecule has 2 aromatic carbocycles. The standard InChI is InChI=1S/C22H18ClN3O2S/c23-16-9-7-15(8-10-16)19-24-17(13-29-19)12-26-20(27)22(25-21(26)28)11-3-5-14-4-1-2-6-18(14)22/h1-2,4,6-10,13H,3,5,11-12H2,(H,25,28). The summed E-state index contributed by atoms with van der Waals surface area (Å²) in [6.45, 7) is 0.165. The Balaban J connectivity index is 1.42. The van der Waals surface area contributed by atoms with E-state index in [1.54, 1.807) is 0 Å². The number of imide groups is 1. The van der Waals surface area contributed by atoms with Crippen molar-refractivity contribution in [3.8, 4) is 10.6 Å². The molecule has 1 atom stereocenters. The van der Waals surface area contributed by atoms with E-state index in [-0.39, 0.29) is 18.5 Å². The van der Waals surface area contributed by atoms with Crippen molar-refractivity contribution in [2.24, 2.45) is 0 Å². The van der Waals surface area contributed by atoms with E-state index in [1.807, 2.05) is 53.9 Å². The molecular weight excluding hydrogens is 406 g/mol. The van der Waals surface area contributed by atoms with Gasteiger partial charge < -0.3 is 5.32 Å². The average Bonchev–Trinajstić information content (AvgIpc) is 3.29. The molecule has 7 heteroatoms. The third-order valence-electron chi connectivity index (χ3n) is 5.61. The second kappa shape index (κ2) is 6.97. The average molecular weight is 424 g/mol. The Morgan fingerprint density at radius 2 is 1.93 bits per heavy atom. The van der Waals surface area contributed by atoms with Gasteiger partial charge in [-0.25, -0.2) is 9.78 Å². The van der Waals surface area contributed by atoms with Crippen LogP contribution in [0, 0.1) is 0 Å². The van der Waals surface area contributed by atoms with Crippen molar-refractivity contribution in [1.29, 1.82) is 0 Å². The Labute approximate surface area is 177 Å². The quantitative estimate of drug-likeness (QED) is 0.618. The van der Waals surface area contributed by atoms with E-state index in [0.717, 1.165) is 34.5 Å². The molecule has 29 heavy (non-hydrogen) atoms. The van der Waals surface area contributed by atoms with Gasteiger partial charge in [0.15, 0.2) is 0 Å². The van der Waals surface area contributed by atoms with E-state index in [2.05, 4.69) is 10.3 Å². The largest absolute Gasteiger partial charge is 0.325 e. The number of nitrogens with zero attached hydrogens (tertiary/aromatic N) is 2. The maximum Gasteiger partial charge on any atom is 0.325 e. The number of nitrogens with one attached hydrogen (secondary N) is 1. The predicted octanol–water partition coefficient (Wildman–Crippen LogP) is 4.75. The zero-order chi connectivity index (χ0) is 20.0. The second-order valence-corrected chi connectivity index (χ2v) is 8.68. The number of fused-ring (bicyclic) bond motifs is 2. The van der Waals surface area contributed by atoms with Crippen LogP contribution in [0.15, 0.2) is 53.9 Å². The lowest BCUT2D eigenvalue weighted by molar-refractivity contribution is -0.132. The van der Waals surface area contributed by atoms with Crippen molar-refractivity contribution in [2.45, 2.75) is 31.3 Å². The van der Waals surface area contributed by atoms with Crippen LogP contribution < -0.4 is 5.32 Å². The summed E-state index contributed by atoms with van der Waals surface area (Å²) in [6.07, 6.45) is 2.42. The van der Waals surface area contributed by atoms with Gasteiger partial charge in [0, 0.05) is 16.0 Å². The zero-order valence-corrected chi connectivity index (χ0v) is 17.1. The summed E-state index contributed by atoms with van der Waals surface area (Å²) in [4.78, 5) is 32.0. The SMILES string of the molecule is O=C1NC2(CCCc3ccccc32)C(=O)N1Cc1csc(-c2ccc(Cl)cc2)n1. The maximum absolute atomic E-state index is 13.4. The van der Waals surface area contributed by atoms with Gasteiger partial charge in [-0.1, -0.05) is 48.0 Å². The molecule has 1 spiro atoms. The Morgan fingerprint density at radius 1 is 1.14 bits per heavy atom. The molecule has 5 nitrogen and oxygen atoms in total. The molecule has 1 saturated heterocycles. The summed E-state index contributed by atoms with van der Waals surface area (Å²) in [7, 11) is 0. The molecule has 2 aliphatic rings. The van der Waals surface area contributed by atoms with Crippen LogP contribution in [0.3, 0.4) is 0 Å². The number of rotatable bonds is 3. The molecule has 1 aromatic heterocycles. The number of thiazole rings is 1. The van der Waals surface area contributed by atoms with Gasteiger partial charge in [0.25, 0.3) is 5.91 Å². The first-order valence-corrected chi connectivity index (χ1v) is 10.8. The molecule has 5 rings (SSSR count). The van der Waals surface area contributed by atoms with Crippen molar-refractivity contribution < 1.29 is 9.59 Å². The number of halogens is 1. The van der Waals surface area contributed by atoms with E-state index in [9.17, 15) is 9.59 Å². The van der Waals surface area contributed by atoms with E-state index < -0.39 is 5.54 Å². The van der Waals surface area contributed by atoms with Crippen molar-refractivity contribution in [1.82, 2.24) is 15.2 Å². The zero-order valence-electron chi connectivity index (χ0n) is 15.5. The lowest BCUT2D eigenvalue weighted by Gasteiger charge is -2.33. The number of hydrogen-bond donors (Lipinski definition) is 1. The van der Waals surface area contributed by atoms with Crippen LogP contribution in [-0.2, 0) is 23.3 Å². The van der Waals surface area contributed by atoms with E-state index in [4.69, 9.17) is 11.6 Å². The lowest BCUT2D eigenvalue weighted by atomic mass is 9.76. The molecule has 1 aliphatic carbocycles. The summed E-state index contributed by atoms with van der Waals surface area (Å²) in [5.41, 5.74) is 2.77. The highest BCUT2D eigenvalue weighted by molar-refractivity contribution is 7.13. The first-order chi connectivity index (χ1) is 14.1. The molecule has 2 heterocycles. The Bertz CT molecular complexity index is 1110. The molecule has 3 aromatic rings. The minimum Gasteiger partial charge on any atom is -0.319 e. The molecule has 0 bridgehead atoms. The van der Waals surface area contributed by atoms with Crippen LogP contribution in [0.5, 0.6) is 0 Å². The molecule has 3 amide bonds. The molecular formula is C22H18ClN3O2S. The molecule has 1 fully saturated rings. The first-order valence-electron chi connectivity index (χ1n) is 9.50. The molecule has 0 saturated carbocycles. The number of benzene rings is 2. The smallest absolute Gasteiger partial charge is 0.319 e. The number of carbonyl (C=O) groups excluding carboxylic acids is 2. The van der Waals surface area contributed by atoms with Crippen molar-refractivity contribution in [3.05, 3.63) is 75.8 Å². The van der Waals surface area contributed by atoms with Crippen molar-refractivity contribution >= 4 is 34.9 Å². The van der Waals surface area contributed by atoms with Gasteiger partial charge in [-0.05, 0) is 42.5 Å². The van der Waals surface area contributed by atoms with E-state index in [0.29, 0.717) is 17.1 Å². The van der Waals surface area contributed by atoms with Gasteiger partial charge in [-0.3, -0.25) is 9.69 Å². The van der Waals surface area contributed by atoms with Gasteiger partial charge >= 0.3 is 6.03 Å². The highest BCUT2D eigenvalue weighted by Gasteiger charge is 2.53. The molecule has 1 N–H and O–H groups in total. The topological polar surface area (TPSA) is 62.3 Å². The third kappa shape index (κ3) is 3.03. The van der Waals surface area contributed by atoms with E-state index >= 15 is 0 Å². The summed E-state index contributed by atoms with van der Waals surface area (Å²) >= 11 is 7.44. The normalized spacial score (nSPS) is 20.8. The summed E-state index contributed by atoms with van der Waals surface area (Å²) < 4.78 is 0. The van der Waals surface area contributed by atoms with Crippen LogP contribution in [0.25, 0.3) is 10.6 Å². The molecule has 1 unspecified atom stereocenters. The predicted molar refractivity (Wildman–Crippen MR) is 113 cm³/mol. The maximum atomic E-state index is 13.4. The molecule has 146 valence electrons. The number of hydrogen-bond acceptors (Lipinski definition) is 4. The van der Waals surface area contributed by atoms with Crippen LogP contribution in [-0.4, -0.2) is 21.8 Å². The van der Waals surface area contributed by atoms with E-state index in [1.165, 1.54) is 16.2 Å². The summed E-state index contributed by atoms with van der Waals surface area (Å²) in [5, 5.41) is 6.39.